The number of rotatable bonds is 3. The van der Waals surface area contributed by atoms with Crippen molar-refractivity contribution in [1.82, 2.24) is 0 Å². The third-order valence-electron chi connectivity index (χ3n) is 2.57. The molecule has 0 aliphatic carbocycles. The molecule has 0 radical (unpaired) electrons. The topological polar surface area (TPSA) is 98.3 Å². The molecule has 20 heavy (non-hydrogen) atoms. The molecule has 0 aliphatic heterocycles. The summed E-state index contributed by atoms with van der Waals surface area (Å²) in [4.78, 5) is 22.2. The van der Waals surface area contributed by atoms with Gasteiger partial charge in [0.15, 0.2) is 0 Å². The number of carbonyl (C=O) groups excluding carboxylic acids is 1. The van der Waals surface area contributed by atoms with Crippen molar-refractivity contribution in [3.8, 4) is 0 Å². The lowest BCUT2D eigenvalue weighted by Gasteiger charge is -2.06. The zero-order valence-corrected chi connectivity index (χ0v) is 11.8. The van der Waals surface area contributed by atoms with E-state index < -0.39 is 4.92 Å². The molecule has 0 saturated heterocycles. The molecule has 2 rings (SSSR count). The average Bonchev–Trinajstić information content (AvgIpc) is 2.41. The second kappa shape index (κ2) is 5.70. The quantitative estimate of drug-likeness (QED) is 0.511. The smallest absolute Gasteiger partial charge is 0.285 e. The van der Waals surface area contributed by atoms with Crippen LogP contribution in [-0.4, -0.2) is 10.8 Å². The zero-order chi connectivity index (χ0) is 14.7. The van der Waals surface area contributed by atoms with E-state index in [-0.39, 0.29) is 11.6 Å². The number of nitro benzene ring substituents is 1. The van der Waals surface area contributed by atoms with Gasteiger partial charge in [-0.05, 0) is 52.3 Å². The summed E-state index contributed by atoms with van der Waals surface area (Å²) < 4.78 is 0.355. The van der Waals surface area contributed by atoms with Crippen LogP contribution in [0.5, 0.6) is 0 Å². The molecule has 6 nitrogen and oxygen atoms in total. The van der Waals surface area contributed by atoms with Gasteiger partial charge in [0.25, 0.3) is 11.6 Å². The molecule has 0 aromatic heterocycles. The van der Waals surface area contributed by atoms with Crippen LogP contribution >= 0.6 is 15.9 Å². The van der Waals surface area contributed by atoms with E-state index in [1.165, 1.54) is 12.1 Å². The van der Waals surface area contributed by atoms with Crippen LogP contribution in [-0.2, 0) is 0 Å². The van der Waals surface area contributed by atoms with Crippen LogP contribution in [0.4, 0.5) is 17.1 Å². The first-order chi connectivity index (χ1) is 9.47. The summed E-state index contributed by atoms with van der Waals surface area (Å²) in [5, 5.41) is 13.4. The fourth-order valence-corrected chi connectivity index (χ4v) is 1.96. The first kappa shape index (κ1) is 14.0. The summed E-state index contributed by atoms with van der Waals surface area (Å²) >= 11 is 3.08. The Morgan fingerprint density at radius 2 is 1.85 bits per heavy atom. The standard InChI is InChI=1S/C13H10BrN3O3/c14-11-6-5-10(7-12(11)17(19)20)16-13(18)8-1-3-9(15)4-2-8/h1-7H,15H2,(H,16,18). The molecular weight excluding hydrogens is 326 g/mol. The number of anilines is 2. The van der Waals surface area contributed by atoms with Crippen molar-refractivity contribution >= 4 is 38.9 Å². The van der Waals surface area contributed by atoms with Gasteiger partial charge in [0.2, 0.25) is 0 Å². The molecular formula is C13H10BrN3O3. The van der Waals surface area contributed by atoms with Crippen molar-refractivity contribution < 1.29 is 9.72 Å². The maximum absolute atomic E-state index is 12.0. The maximum Gasteiger partial charge on any atom is 0.285 e. The monoisotopic (exact) mass is 335 g/mol. The molecule has 0 aliphatic rings. The minimum absolute atomic E-state index is 0.111. The normalized spacial score (nSPS) is 10.1. The molecule has 3 N–H and O–H groups in total. The number of nitrogens with zero attached hydrogens (tertiary/aromatic N) is 1. The molecule has 102 valence electrons. The highest BCUT2D eigenvalue weighted by Crippen LogP contribution is 2.28. The molecule has 0 bridgehead atoms. The lowest BCUT2D eigenvalue weighted by atomic mass is 10.2. The number of amides is 1. The number of nitrogen functional groups attached to an aromatic ring is 1. The van der Waals surface area contributed by atoms with Crippen LogP contribution in [0.1, 0.15) is 10.4 Å². The molecule has 0 unspecified atom stereocenters. The number of nitro groups is 1. The molecule has 2 aromatic rings. The van der Waals surface area contributed by atoms with Crippen LogP contribution in [0.15, 0.2) is 46.9 Å². The Balaban J connectivity index is 2.21. The summed E-state index contributed by atoms with van der Waals surface area (Å²) in [7, 11) is 0. The second-order valence-corrected chi connectivity index (χ2v) is 4.85. The van der Waals surface area contributed by atoms with Gasteiger partial charge in [-0.2, -0.15) is 0 Å². The Bertz CT molecular complexity index is 671. The fraction of sp³-hybridized carbons (Fsp3) is 0. The van der Waals surface area contributed by atoms with E-state index in [0.29, 0.717) is 21.4 Å². The van der Waals surface area contributed by atoms with Crippen molar-refractivity contribution in [1.29, 1.82) is 0 Å². The second-order valence-electron chi connectivity index (χ2n) is 4.00. The van der Waals surface area contributed by atoms with E-state index in [2.05, 4.69) is 21.2 Å². The number of nitrogens with one attached hydrogen (secondary N) is 1. The van der Waals surface area contributed by atoms with E-state index in [4.69, 9.17) is 5.73 Å². The van der Waals surface area contributed by atoms with Crippen LogP contribution in [0.3, 0.4) is 0 Å². The lowest BCUT2D eigenvalue weighted by Crippen LogP contribution is -2.12. The van der Waals surface area contributed by atoms with E-state index >= 15 is 0 Å². The van der Waals surface area contributed by atoms with Gasteiger partial charge in [0.05, 0.1) is 9.40 Å². The number of nitrogens with two attached hydrogens (primary N) is 1. The van der Waals surface area contributed by atoms with Crippen molar-refractivity contribution in [3.63, 3.8) is 0 Å². The van der Waals surface area contributed by atoms with Gasteiger partial charge in [-0.3, -0.25) is 14.9 Å². The number of benzene rings is 2. The first-order valence-corrected chi connectivity index (χ1v) is 6.37. The van der Waals surface area contributed by atoms with Crippen molar-refractivity contribution in [2.45, 2.75) is 0 Å². The molecule has 0 fully saturated rings. The van der Waals surface area contributed by atoms with Gasteiger partial charge in [-0.1, -0.05) is 0 Å². The number of hydrogen-bond acceptors (Lipinski definition) is 4. The Morgan fingerprint density at radius 1 is 1.20 bits per heavy atom. The minimum Gasteiger partial charge on any atom is -0.399 e. The van der Waals surface area contributed by atoms with Gasteiger partial charge in [0, 0.05) is 23.0 Å². The SMILES string of the molecule is Nc1ccc(C(=O)Nc2ccc(Br)c([N+](=O)[O-])c2)cc1. The van der Waals surface area contributed by atoms with E-state index in [0.717, 1.165) is 0 Å². The molecule has 0 saturated carbocycles. The van der Waals surface area contributed by atoms with E-state index in [9.17, 15) is 14.9 Å². The predicted octanol–water partition coefficient (Wildman–Crippen LogP) is 3.19. The maximum atomic E-state index is 12.0. The highest BCUT2D eigenvalue weighted by atomic mass is 79.9. The van der Waals surface area contributed by atoms with E-state index in [1.807, 2.05) is 0 Å². The van der Waals surface area contributed by atoms with Crippen LogP contribution in [0.2, 0.25) is 0 Å². The summed E-state index contributed by atoms with van der Waals surface area (Å²) in [6.45, 7) is 0. The third-order valence-corrected chi connectivity index (χ3v) is 3.24. The fourth-order valence-electron chi connectivity index (χ4n) is 1.57. The summed E-state index contributed by atoms with van der Waals surface area (Å²) in [5.41, 5.74) is 6.75. The molecule has 7 heteroatoms. The number of halogens is 1. The molecule has 0 heterocycles. The van der Waals surface area contributed by atoms with Crippen LogP contribution in [0, 0.1) is 10.1 Å². The van der Waals surface area contributed by atoms with Crippen LogP contribution in [0.25, 0.3) is 0 Å². The number of hydrogen-bond donors (Lipinski definition) is 2. The Hall–Kier alpha value is -2.41. The van der Waals surface area contributed by atoms with Gasteiger partial charge < -0.3 is 11.1 Å². The minimum atomic E-state index is -0.525. The highest BCUT2D eigenvalue weighted by Gasteiger charge is 2.14. The largest absolute Gasteiger partial charge is 0.399 e. The molecule has 1 amide bonds. The van der Waals surface area contributed by atoms with Crippen molar-refractivity contribution in [2.75, 3.05) is 11.1 Å². The third kappa shape index (κ3) is 3.12. The van der Waals surface area contributed by atoms with Gasteiger partial charge >= 0.3 is 0 Å². The summed E-state index contributed by atoms with van der Waals surface area (Å²) in [6.07, 6.45) is 0. The molecule has 2 aromatic carbocycles. The summed E-state index contributed by atoms with van der Waals surface area (Å²) in [6, 6.07) is 10.8. The average molecular weight is 336 g/mol. The molecule has 0 spiro atoms. The Kier molecular flexibility index (Phi) is 3.99. The highest BCUT2D eigenvalue weighted by molar-refractivity contribution is 9.10. The van der Waals surface area contributed by atoms with Crippen molar-refractivity contribution in [3.05, 3.63) is 62.6 Å². The first-order valence-electron chi connectivity index (χ1n) is 5.58. The van der Waals surface area contributed by atoms with Gasteiger partial charge in [-0.25, -0.2) is 0 Å². The predicted molar refractivity (Wildman–Crippen MR) is 79.6 cm³/mol. The molecule has 0 atom stereocenters. The lowest BCUT2D eigenvalue weighted by molar-refractivity contribution is -0.385. The summed E-state index contributed by atoms with van der Waals surface area (Å²) in [5.74, 6) is -0.360. The van der Waals surface area contributed by atoms with Crippen molar-refractivity contribution in [2.24, 2.45) is 0 Å². The Labute approximate surface area is 122 Å². The van der Waals surface area contributed by atoms with Crippen LogP contribution < -0.4 is 11.1 Å². The van der Waals surface area contributed by atoms with Gasteiger partial charge in [-0.15, -0.1) is 0 Å². The van der Waals surface area contributed by atoms with E-state index in [1.54, 1.807) is 30.3 Å². The zero-order valence-electron chi connectivity index (χ0n) is 10.2. The number of carbonyl (C=O) groups is 1. The van der Waals surface area contributed by atoms with Gasteiger partial charge in [0.1, 0.15) is 0 Å². The Morgan fingerprint density at radius 3 is 2.45 bits per heavy atom.